The Balaban J connectivity index is 1.90. The summed E-state index contributed by atoms with van der Waals surface area (Å²) in [6.07, 6.45) is 0.799. The second-order valence-electron chi connectivity index (χ2n) is 6.92. The molecule has 4 nitrogen and oxygen atoms in total. The van der Waals surface area contributed by atoms with Crippen molar-refractivity contribution < 1.29 is 17.2 Å². The molecule has 0 atom stereocenters. The number of rotatable bonds is 6. The lowest BCUT2D eigenvalue weighted by molar-refractivity contribution is 0.495. The van der Waals surface area contributed by atoms with E-state index in [1.165, 1.54) is 25.1 Å². The van der Waals surface area contributed by atoms with Gasteiger partial charge in [-0.15, -0.1) is 0 Å². The van der Waals surface area contributed by atoms with Gasteiger partial charge in [-0.25, -0.2) is 17.2 Å². The van der Waals surface area contributed by atoms with E-state index >= 15 is 0 Å². The van der Waals surface area contributed by atoms with Gasteiger partial charge in [-0.1, -0.05) is 25.1 Å². The number of fused-ring (bicyclic) bond motifs is 1. The van der Waals surface area contributed by atoms with Crippen LogP contribution in [0.2, 0.25) is 0 Å². The Morgan fingerprint density at radius 2 is 1.71 bits per heavy atom. The minimum absolute atomic E-state index is 0.105. The summed E-state index contributed by atoms with van der Waals surface area (Å²) < 4.78 is 54.4. The fourth-order valence-electron chi connectivity index (χ4n) is 3.24. The van der Waals surface area contributed by atoms with Crippen LogP contribution in [0.1, 0.15) is 30.0 Å². The van der Waals surface area contributed by atoms with E-state index in [0.29, 0.717) is 12.1 Å². The zero-order valence-corrected chi connectivity index (χ0v) is 16.5. The van der Waals surface area contributed by atoms with E-state index in [1.807, 2.05) is 6.92 Å². The Labute approximate surface area is 162 Å². The molecule has 7 heteroatoms. The number of halogens is 2. The molecule has 1 aromatic heterocycles. The van der Waals surface area contributed by atoms with Gasteiger partial charge in [0.15, 0.2) is 21.5 Å². The molecule has 3 aromatic rings. The maximum Gasteiger partial charge on any atom is 0.251 e. The van der Waals surface area contributed by atoms with Gasteiger partial charge in [-0.2, -0.15) is 0 Å². The topological polar surface area (TPSA) is 56.1 Å². The van der Waals surface area contributed by atoms with E-state index in [9.17, 15) is 22.0 Å². The van der Waals surface area contributed by atoms with Crippen LogP contribution in [0.15, 0.2) is 47.3 Å². The lowest BCUT2D eigenvalue weighted by Crippen LogP contribution is -2.19. The number of hydrogen-bond acceptors (Lipinski definition) is 3. The van der Waals surface area contributed by atoms with Gasteiger partial charge >= 0.3 is 0 Å². The minimum Gasteiger partial charge on any atom is -0.308 e. The van der Waals surface area contributed by atoms with Crippen LogP contribution in [0, 0.1) is 18.6 Å². The zero-order chi connectivity index (χ0) is 20.5. The van der Waals surface area contributed by atoms with Crippen LogP contribution in [0.5, 0.6) is 0 Å². The maximum atomic E-state index is 14.0. The first-order valence-electron chi connectivity index (χ1n) is 8.98. The predicted octanol–water partition coefficient (Wildman–Crippen LogP) is 4.11. The lowest BCUT2D eigenvalue weighted by atomic mass is 10.1. The van der Waals surface area contributed by atoms with Crippen molar-refractivity contribution >= 4 is 20.7 Å². The van der Waals surface area contributed by atoms with Gasteiger partial charge in [0, 0.05) is 18.2 Å². The molecule has 0 amide bonds. The molecule has 0 bridgehead atoms. The SMILES string of the molecule is CCCn1c(=O)ccc2cc(CS(=O)(=O)Cc3ccc(C)c(F)c3F)ccc21. The minimum atomic E-state index is -3.71. The van der Waals surface area contributed by atoms with E-state index in [2.05, 4.69) is 0 Å². The third kappa shape index (κ3) is 4.14. The molecule has 0 unspecified atom stereocenters. The molecule has 0 saturated carbocycles. The third-order valence-electron chi connectivity index (χ3n) is 4.62. The molecule has 0 aliphatic heterocycles. The van der Waals surface area contributed by atoms with E-state index in [0.717, 1.165) is 17.3 Å². The van der Waals surface area contributed by atoms with Gasteiger partial charge in [0.25, 0.3) is 5.56 Å². The van der Waals surface area contributed by atoms with Crippen LogP contribution in [0.4, 0.5) is 8.78 Å². The molecule has 28 heavy (non-hydrogen) atoms. The highest BCUT2D eigenvalue weighted by Gasteiger charge is 2.19. The predicted molar refractivity (Wildman–Crippen MR) is 106 cm³/mol. The standard InChI is InChI=1S/C21H21F2NO3S/c1-3-10-24-18-8-5-15(11-16(18)7-9-19(24)25)12-28(26,27)13-17-6-4-14(2)20(22)21(17)23/h4-9,11H,3,10,12-13H2,1-2H3. The largest absolute Gasteiger partial charge is 0.308 e. The van der Waals surface area contributed by atoms with Crippen molar-refractivity contribution in [2.75, 3.05) is 0 Å². The number of aryl methyl sites for hydroxylation is 2. The van der Waals surface area contributed by atoms with Gasteiger partial charge in [0.1, 0.15) is 0 Å². The van der Waals surface area contributed by atoms with E-state index in [4.69, 9.17) is 0 Å². The molecule has 0 saturated heterocycles. The molecule has 0 fully saturated rings. The second kappa shape index (κ2) is 7.83. The van der Waals surface area contributed by atoms with Crippen LogP contribution in [-0.4, -0.2) is 13.0 Å². The molecule has 3 rings (SSSR count). The molecular weight excluding hydrogens is 384 g/mol. The third-order valence-corrected chi connectivity index (χ3v) is 6.14. The van der Waals surface area contributed by atoms with Crippen molar-refractivity contribution in [3.63, 3.8) is 0 Å². The Bertz CT molecular complexity index is 1200. The monoisotopic (exact) mass is 405 g/mol. The summed E-state index contributed by atoms with van der Waals surface area (Å²) in [4.78, 5) is 12.0. The smallest absolute Gasteiger partial charge is 0.251 e. The summed E-state index contributed by atoms with van der Waals surface area (Å²) in [6, 6.07) is 10.9. The molecule has 0 aliphatic rings. The average molecular weight is 405 g/mol. The number of benzene rings is 2. The number of nitrogens with zero attached hydrogens (tertiary/aromatic N) is 1. The molecule has 1 heterocycles. The normalized spacial score (nSPS) is 11.9. The summed E-state index contributed by atoms with van der Waals surface area (Å²) in [6.45, 7) is 3.97. The van der Waals surface area contributed by atoms with E-state index in [-0.39, 0.29) is 22.4 Å². The van der Waals surface area contributed by atoms with Crippen LogP contribution in [-0.2, 0) is 27.9 Å². The summed E-state index contributed by atoms with van der Waals surface area (Å²) in [7, 11) is -3.71. The highest BCUT2D eigenvalue weighted by molar-refractivity contribution is 7.89. The molecule has 148 valence electrons. The van der Waals surface area contributed by atoms with Crippen LogP contribution < -0.4 is 5.56 Å². The highest BCUT2D eigenvalue weighted by atomic mass is 32.2. The first kappa shape index (κ1) is 20.2. The quantitative estimate of drug-likeness (QED) is 0.620. The maximum absolute atomic E-state index is 14.0. The lowest BCUT2D eigenvalue weighted by Gasteiger charge is -2.11. The molecule has 0 aliphatic carbocycles. The van der Waals surface area contributed by atoms with Gasteiger partial charge in [-0.05, 0) is 48.1 Å². The number of sulfone groups is 1. The fourth-order valence-corrected chi connectivity index (χ4v) is 4.72. The second-order valence-corrected chi connectivity index (χ2v) is 8.98. The van der Waals surface area contributed by atoms with Gasteiger partial charge in [-0.3, -0.25) is 4.79 Å². The van der Waals surface area contributed by atoms with Crippen LogP contribution in [0.3, 0.4) is 0 Å². The summed E-state index contributed by atoms with van der Waals surface area (Å²) in [5.41, 5.74) is 1.11. The van der Waals surface area contributed by atoms with Crippen molar-refractivity contribution in [1.82, 2.24) is 4.57 Å². The van der Waals surface area contributed by atoms with Crippen molar-refractivity contribution in [3.8, 4) is 0 Å². The van der Waals surface area contributed by atoms with Gasteiger partial charge in [0.2, 0.25) is 0 Å². The average Bonchev–Trinajstić information content (AvgIpc) is 2.64. The fraction of sp³-hybridized carbons (Fsp3) is 0.286. The van der Waals surface area contributed by atoms with Gasteiger partial charge < -0.3 is 4.57 Å². The summed E-state index contributed by atoms with van der Waals surface area (Å²) >= 11 is 0. The molecule has 0 N–H and O–H groups in total. The molecular formula is C21H21F2NO3S. The first-order chi connectivity index (χ1) is 13.2. The number of aromatic nitrogens is 1. The zero-order valence-electron chi connectivity index (χ0n) is 15.7. The van der Waals surface area contributed by atoms with Crippen molar-refractivity contribution in [2.24, 2.45) is 0 Å². The van der Waals surface area contributed by atoms with E-state index in [1.54, 1.807) is 28.8 Å². The molecule has 2 aromatic carbocycles. The van der Waals surface area contributed by atoms with Crippen molar-refractivity contribution in [2.45, 2.75) is 38.3 Å². The number of pyridine rings is 1. The van der Waals surface area contributed by atoms with Crippen LogP contribution in [0.25, 0.3) is 10.9 Å². The van der Waals surface area contributed by atoms with E-state index < -0.39 is 27.2 Å². The Hall–Kier alpha value is -2.54. The molecule has 0 radical (unpaired) electrons. The summed E-state index contributed by atoms with van der Waals surface area (Å²) in [5, 5.41) is 0.758. The van der Waals surface area contributed by atoms with Crippen molar-refractivity contribution in [3.05, 3.63) is 81.1 Å². The van der Waals surface area contributed by atoms with Crippen LogP contribution >= 0.6 is 0 Å². The molecule has 0 spiro atoms. The Morgan fingerprint density at radius 3 is 2.43 bits per heavy atom. The highest BCUT2D eigenvalue weighted by Crippen LogP contribution is 2.21. The summed E-state index contributed by atoms with van der Waals surface area (Å²) in [5.74, 6) is -3.02. The van der Waals surface area contributed by atoms with Gasteiger partial charge in [0.05, 0.1) is 17.0 Å². The number of hydrogen-bond donors (Lipinski definition) is 0. The first-order valence-corrected chi connectivity index (χ1v) is 10.8. The van der Waals surface area contributed by atoms with Crippen molar-refractivity contribution in [1.29, 1.82) is 0 Å². The Kier molecular flexibility index (Phi) is 5.65. The Morgan fingerprint density at radius 1 is 0.964 bits per heavy atom.